The molecule has 15 heavy (non-hydrogen) atoms. The van der Waals surface area contributed by atoms with Crippen LogP contribution in [0.5, 0.6) is 0 Å². The molecule has 1 aromatic carbocycles. The lowest BCUT2D eigenvalue weighted by atomic mass is 9.75. The van der Waals surface area contributed by atoms with Gasteiger partial charge >= 0.3 is 0 Å². The Bertz CT molecular complexity index is 295. The van der Waals surface area contributed by atoms with Crippen LogP contribution < -0.4 is 5.73 Å². The second-order valence-corrected chi connectivity index (χ2v) is 4.43. The Morgan fingerprint density at radius 2 is 1.93 bits per heavy atom. The first-order chi connectivity index (χ1) is 7.33. The quantitative estimate of drug-likeness (QED) is 0.788. The van der Waals surface area contributed by atoms with E-state index in [0.717, 1.165) is 12.8 Å². The van der Waals surface area contributed by atoms with Crippen molar-refractivity contribution in [3.63, 3.8) is 0 Å². The van der Waals surface area contributed by atoms with Crippen LogP contribution in [0.25, 0.3) is 0 Å². The van der Waals surface area contributed by atoms with Crippen LogP contribution in [-0.2, 0) is 0 Å². The van der Waals surface area contributed by atoms with Gasteiger partial charge in [0.2, 0.25) is 0 Å². The molecule has 1 fully saturated rings. The summed E-state index contributed by atoms with van der Waals surface area (Å²) in [5, 5.41) is 10.2. The molecule has 2 atom stereocenters. The highest BCUT2D eigenvalue weighted by Crippen LogP contribution is 2.35. The first-order valence-corrected chi connectivity index (χ1v) is 5.76. The van der Waals surface area contributed by atoms with Gasteiger partial charge in [0.25, 0.3) is 0 Å². The van der Waals surface area contributed by atoms with E-state index in [2.05, 4.69) is 12.1 Å². The molecule has 0 aromatic heterocycles. The van der Waals surface area contributed by atoms with Crippen molar-refractivity contribution in [3.8, 4) is 0 Å². The lowest BCUT2D eigenvalue weighted by Crippen LogP contribution is -2.35. The third kappa shape index (κ3) is 2.21. The number of aliphatic hydroxyl groups excluding tert-OH is 1. The Morgan fingerprint density at radius 1 is 1.27 bits per heavy atom. The zero-order chi connectivity index (χ0) is 10.7. The SMILES string of the molecule is NCC(c1ccccc1)C(O)C1CCC1. The van der Waals surface area contributed by atoms with Gasteiger partial charge in [-0.3, -0.25) is 0 Å². The molecule has 0 bridgehead atoms. The van der Waals surface area contributed by atoms with Crippen LogP contribution in [0.2, 0.25) is 0 Å². The van der Waals surface area contributed by atoms with Gasteiger partial charge in [-0.2, -0.15) is 0 Å². The summed E-state index contributed by atoms with van der Waals surface area (Å²) in [4.78, 5) is 0. The molecule has 1 aliphatic rings. The molecular formula is C13H19NO. The summed E-state index contributed by atoms with van der Waals surface area (Å²) in [7, 11) is 0. The molecule has 82 valence electrons. The fraction of sp³-hybridized carbons (Fsp3) is 0.538. The Kier molecular flexibility index (Phi) is 3.39. The van der Waals surface area contributed by atoms with Crippen molar-refractivity contribution in [2.24, 2.45) is 11.7 Å². The van der Waals surface area contributed by atoms with E-state index in [1.807, 2.05) is 18.2 Å². The minimum atomic E-state index is -0.258. The highest BCUT2D eigenvalue weighted by Gasteiger charge is 2.31. The predicted molar refractivity (Wildman–Crippen MR) is 61.6 cm³/mol. The molecule has 1 aliphatic carbocycles. The molecule has 2 nitrogen and oxygen atoms in total. The molecular weight excluding hydrogens is 186 g/mol. The van der Waals surface area contributed by atoms with Gasteiger partial charge in [0.1, 0.15) is 0 Å². The van der Waals surface area contributed by atoms with Crippen molar-refractivity contribution < 1.29 is 5.11 Å². The number of benzene rings is 1. The van der Waals surface area contributed by atoms with E-state index in [9.17, 15) is 5.11 Å². The summed E-state index contributed by atoms with van der Waals surface area (Å²) in [6.07, 6.45) is 3.31. The van der Waals surface area contributed by atoms with E-state index in [4.69, 9.17) is 5.73 Å². The molecule has 0 radical (unpaired) electrons. The van der Waals surface area contributed by atoms with Crippen LogP contribution in [-0.4, -0.2) is 17.8 Å². The van der Waals surface area contributed by atoms with Crippen LogP contribution in [0, 0.1) is 5.92 Å². The molecule has 0 saturated heterocycles. The predicted octanol–water partition coefficient (Wildman–Crippen LogP) is 1.89. The van der Waals surface area contributed by atoms with Crippen LogP contribution in [0.1, 0.15) is 30.7 Å². The highest BCUT2D eigenvalue weighted by molar-refractivity contribution is 5.21. The van der Waals surface area contributed by atoms with E-state index in [-0.39, 0.29) is 12.0 Å². The summed E-state index contributed by atoms with van der Waals surface area (Å²) in [5.41, 5.74) is 6.93. The molecule has 2 heteroatoms. The van der Waals surface area contributed by atoms with Gasteiger partial charge in [-0.1, -0.05) is 36.8 Å². The van der Waals surface area contributed by atoms with Crippen LogP contribution in [0.15, 0.2) is 30.3 Å². The number of hydrogen-bond donors (Lipinski definition) is 2. The molecule has 3 N–H and O–H groups in total. The lowest BCUT2D eigenvalue weighted by molar-refractivity contribution is 0.0420. The van der Waals surface area contributed by atoms with Crippen molar-refractivity contribution in [1.82, 2.24) is 0 Å². The Balaban J connectivity index is 2.09. The molecule has 0 amide bonds. The number of rotatable bonds is 4. The minimum Gasteiger partial charge on any atom is -0.392 e. The van der Waals surface area contributed by atoms with Gasteiger partial charge in [0.05, 0.1) is 6.10 Å². The Labute approximate surface area is 91.1 Å². The molecule has 2 rings (SSSR count). The lowest BCUT2D eigenvalue weighted by Gasteiger charge is -2.35. The zero-order valence-corrected chi connectivity index (χ0v) is 8.97. The zero-order valence-electron chi connectivity index (χ0n) is 8.97. The maximum Gasteiger partial charge on any atom is 0.0648 e. The number of aliphatic hydroxyl groups is 1. The van der Waals surface area contributed by atoms with Crippen molar-refractivity contribution in [1.29, 1.82) is 0 Å². The largest absolute Gasteiger partial charge is 0.392 e. The molecule has 0 aliphatic heterocycles. The van der Waals surface area contributed by atoms with Gasteiger partial charge < -0.3 is 10.8 Å². The standard InChI is InChI=1S/C13H19NO/c14-9-12(10-5-2-1-3-6-10)13(15)11-7-4-8-11/h1-3,5-6,11-13,15H,4,7-9,14H2. The third-order valence-electron chi connectivity index (χ3n) is 3.53. The smallest absolute Gasteiger partial charge is 0.0648 e. The molecule has 2 unspecified atom stereocenters. The van der Waals surface area contributed by atoms with Crippen molar-refractivity contribution in [2.75, 3.05) is 6.54 Å². The molecule has 0 heterocycles. The topological polar surface area (TPSA) is 46.2 Å². The third-order valence-corrected chi connectivity index (χ3v) is 3.53. The van der Waals surface area contributed by atoms with Crippen molar-refractivity contribution in [3.05, 3.63) is 35.9 Å². The Hall–Kier alpha value is -0.860. The average Bonchev–Trinajstić information content (AvgIpc) is 2.18. The van der Waals surface area contributed by atoms with E-state index in [1.54, 1.807) is 0 Å². The van der Waals surface area contributed by atoms with Crippen molar-refractivity contribution in [2.45, 2.75) is 31.3 Å². The number of nitrogens with two attached hydrogens (primary N) is 1. The summed E-state index contributed by atoms with van der Waals surface area (Å²) in [6, 6.07) is 10.1. The number of hydrogen-bond acceptors (Lipinski definition) is 2. The van der Waals surface area contributed by atoms with E-state index in [0.29, 0.717) is 12.5 Å². The average molecular weight is 205 g/mol. The van der Waals surface area contributed by atoms with Gasteiger partial charge in [-0.25, -0.2) is 0 Å². The first kappa shape index (κ1) is 10.7. The van der Waals surface area contributed by atoms with Gasteiger partial charge in [0.15, 0.2) is 0 Å². The maximum absolute atomic E-state index is 10.2. The summed E-state index contributed by atoms with van der Waals surface area (Å²) in [5.74, 6) is 0.579. The fourth-order valence-corrected chi connectivity index (χ4v) is 2.28. The second-order valence-electron chi connectivity index (χ2n) is 4.43. The van der Waals surface area contributed by atoms with E-state index >= 15 is 0 Å². The second kappa shape index (κ2) is 4.77. The normalized spacial score (nSPS) is 20.7. The minimum absolute atomic E-state index is 0.108. The van der Waals surface area contributed by atoms with Gasteiger partial charge in [0, 0.05) is 12.5 Å². The maximum atomic E-state index is 10.2. The summed E-state index contributed by atoms with van der Waals surface area (Å²) >= 11 is 0. The first-order valence-electron chi connectivity index (χ1n) is 5.76. The van der Waals surface area contributed by atoms with Crippen molar-refractivity contribution >= 4 is 0 Å². The summed E-state index contributed by atoms with van der Waals surface area (Å²) in [6.45, 7) is 0.529. The molecule has 1 saturated carbocycles. The highest BCUT2D eigenvalue weighted by atomic mass is 16.3. The van der Waals surface area contributed by atoms with Gasteiger partial charge in [-0.15, -0.1) is 0 Å². The van der Waals surface area contributed by atoms with Crippen LogP contribution in [0.4, 0.5) is 0 Å². The monoisotopic (exact) mass is 205 g/mol. The summed E-state index contributed by atoms with van der Waals surface area (Å²) < 4.78 is 0. The molecule has 0 spiro atoms. The van der Waals surface area contributed by atoms with Gasteiger partial charge in [-0.05, 0) is 24.3 Å². The van der Waals surface area contributed by atoms with E-state index in [1.165, 1.54) is 12.0 Å². The van der Waals surface area contributed by atoms with Crippen LogP contribution in [0.3, 0.4) is 0 Å². The van der Waals surface area contributed by atoms with E-state index < -0.39 is 0 Å². The molecule has 1 aromatic rings. The Morgan fingerprint density at radius 3 is 2.40 bits per heavy atom. The van der Waals surface area contributed by atoms with Crippen LogP contribution >= 0.6 is 0 Å². The fourth-order valence-electron chi connectivity index (χ4n) is 2.28.